The molecule has 0 aliphatic carbocycles. The molecule has 23 heavy (non-hydrogen) atoms. The number of alkyl halides is 9. The molecule has 0 aromatic heterocycles. The van der Waals surface area contributed by atoms with Crippen molar-refractivity contribution in [2.75, 3.05) is 0 Å². The van der Waals surface area contributed by atoms with Crippen LogP contribution in [0.1, 0.15) is 20.3 Å². The lowest BCUT2D eigenvalue weighted by Crippen LogP contribution is -2.12. The van der Waals surface area contributed by atoms with Gasteiger partial charge in [0, 0.05) is 0 Å². The highest BCUT2D eigenvalue weighted by atomic mass is 19.4. The second-order valence-corrected chi connectivity index (χ2v) is 2.56. The lowest BCUT2D eigenvalue weighted by atomic mass is 10.4. The highest BCUT2D eigenvalue weighted by Gasteiger charge is 2.31. The first-order valence-corrected chi connectivity index (χ1v) is 5.05. The Morgan fingerprint density at radius 2 is 0.913 bits per heavy atom. The molecule has 0 aliphatic heterocycles. The highest BCUT2D eigenvalue weighted by molar-refractivity contribution is 4.50. The molecule has 0 radical (unpaired) electrons. The number of hydrogen-bond donors (Lipinski definition) is 0. The van der Waals surface area contributed by atoms with Gasteiger partial charge in [-0.05, 0) is 13.8 Å². The average molecular weight is 378 g/mol. The predicted molar refractivity (Wildman–Crippen MR) is 65.1 cm³/mol. The molecule has 0 rings (SSSR count). The van der Waals surface area contributed by atoms with Crippen LogP contribution in [0, 0.1) is 0 Å². The van der Waals surface area contributed by atoms with Crippen molar-refractivity contribution >= 4 is 0 Å². The predicted octanol–water partition coefficient (Wildman–Crippen LogP) is 7.10. The number of hydrogen-bond acceptors (Lipinski definition) is 0. The Labute approximate surface area is 126 Å². The van der Waals surface area contributed by atoms with Crippen molar-refractivity contribution < 1.29 is 53.0 Å². The Balaban J connectivity index is -0.0000000418. The summed E-state index contributed by atoms with van der Waals surface area (Å²) in [6.45, 7) is 7.06. The quantitative estimate of drug-likeness (QED) is 0.427. The molecule has 0 unspecified atom stereocenters. The summed E-state index contributed by atoms with van der Waals surface area (Å²) in [6, 6.07) is 0. The molecule has 0 atom stereocenters. The molecule has 146 valence electrons. The molecule has 0 nitrogen and oxygen atoms in total. The van der Waals surface area contributed by atoms with Crippen LogP contribution in [0.3, 0.4) is 0 Å². The van der Waals surface area contributed by atoms with E-state index in [9.17, 15) is 48.3 Å². The fourth-order valence-corrected chi connectivity index (χ4v) is 0.175. The van der Waals surface area contributed by atoms with Crippen LogP contribution in [-0.2, 0) is 0 Å². The van der Waals surface area contributed by atoms with Crippen molar-refractivity contribution in [2.24, 2.45) is 0 Å². The Hall–Kier alpha value is -1.36. The van der Waals surface area contributed by atoms with Crippen molar-refractivity contribution in [2.45, 2.75) is 45.7 Å². The van der Waals surface area contributed by atoms with Gasteiger partial charge in [-0.15, -0.1) is 0 Å². The van der Waals surface area contributed by atoms with Crippen molar-refractivity contribution in [3.8, 4) is 0 Å². The maximum atomic E-state index is 10.8. The maximum absolute atomic E-state index is 10.8. The summed E-state index contributed by atoms with van der Waals surface area (Å²) in [6.07, 6.45) is -13.9. The molecule has 0 aliphatic rings. The number of halogens is 12. The van der Waals surface area contributed by atoms with Crippen LogP contribution >= 0.6 is 0 Å². The molecule has 0 aromatic carbocycles. The molecule has 12 heteroatoms. The summed E-state index contributed by atoms with van der Waals surface area (Å²) in [7, 11) is 0. The van der Waals surface area contributed by atoms with E-state index in [2.05, 4.69) is 13.2 Å². The third kappa shape index (κ3) is 541. The first-order chi connectivity index (χ1) is 9.71. The lowest BCUT2D eigenvalue weighted by molar-refractivity contribution is -0.158. The Morgan fingerprint density at radius 3 is 0.913 bits per heavy atom. The van der Waals surface area contributed by atoms with Gasteiger partial charge in [-0.3, -0.25) is 4.70 Å². The van der Waals surface area contributed by atoms with Gasteiger partial charge in [0.1, 0.15) is 6.42 Å². The minimum Gasteiger partial charge on any atom is -0.269 e. The molecule has 0 amide bonds. The second-order valence-electron chi connectivity index (χ2n) is 2.56. The monoisotopic (exact) mass is 378 g/mol. The SMILES string of the molecule is C=CF.C=CF.CC(F)F.CC(F)F.F.FC(F)CC(F)(F)F. The zero-order valence-electron chi connectivity index (χ0n) is 12.1. The van der Waals surface area contributed by atoms with Gasteiger partial charge >= 0.3 is 6.18 Å². The normalized spacial score (nSPS) is 8.70. The van der Waals surface area contributed by atoms with Gasteiger partial charge in [-0.25, -0.2) is 35.1 Å². The minimum absolute atomic E-state index is 0. The third-order valence-corrected chi connectivity index (χ3v) is 0.386. The van der Waals surface area contributed by atoms with Crippen LogP contribution < -0.4 is 0 Å². The lowest BCUT2D eigenvalue weighted by Gasteiger charge is -2.02. The van der Waals surface area contributed by atoms with Gasteiger partial charge in [0.25, 0.3) is 0 Å². The molecule has 0 heterocycles. The molecule has 0 spiro atoms. The molecule has 0 N–H and O–H groups in total. The number of rotatable bonds is 1. The van der Waals surface area contributed by atoms with Gasteiger partial charge in [0.05, 0.1) is 12.7 Å². The Bertz CT molecular complexity index is 182. The van der Waals surface area contributed by atoms with E-state index in [4.69, 9.17) is 0 Å². The summed E-state index contributed by atoms with van der Waals surface area (Å²) in [5.41, 5.74) is 0. The summed E-state index contributed by atoms with van der Waals surface area (Å²) in [4.78, 5) is 0. The van der Waals surface area contributed by atoms with Gasteiger partial charge in [-0.1, -0.05) is 13.2 Å². The third-order valence-electron chi connectivity index (χ3n) is 0.386. The van der Waals surface area contributed by atoms with E-state index in [0.29, 0.717) is 0 Å². The van der Waals surface area contributed by atoms with E-state index in [-0.39, 0.29) is 17.4 Å². The average Bonchev–Trinajstić information content (AvgIpc) is 2.12. The zero-order valence-corrected chi connectivity index (χ0v) is 12.1. The van der Waals surface area contributed by atoms with Crippen molar-refractivity contribution in [3.63, 3.8) is 0 Å². The van der Waals surface area contributed by atoms with Gasteiger partial charge in [-0.2, -0.15) is 13.2 Å². The van der Waals surface area contributed by atoms with E-state index in [1.807, 2.05) is 0 Å². The van der Waals surface area contributed by atoms with E-state index in [1.54, 1.807) is 0 Å². The van der Waals surface area contributed by atoms with Crippen molar-refractivity contribution in [3.05, 3.63) is 25.8 Å². The fraction of sp³-hybridized carbons (Fsp3) is 0.636. The smallest absolute Gasteiger partial charge is 0.269 e. The van der Waals surface area contributed by atoms with E-state index in [0.717, 1.165) is 13.8 Å². The molecule has 0 fully saturated rings. The topological polar surface area (TPSA) is 0 Å². The summed E-state index contributed by atoms with van der Waals surface area (Å²) in [5.74, 6) is 0. The molecule has 0 aromatic rings. The van der Waals surface area contributed by atoms with Crippen molar-refractivity contribution in [1.82, 2.24) is 0 Å². The molecule has 0 saturated heterocycles. The Morgan fingerprint density at radius 1 is 0.783 bits per heavy atom. The largest absolute Gasteiger partial charge is 0.394 e. The molecular formula is C11H18F12. The van der Waals surface area contributed by atoms with Crippen LogP contribution in [0.4, 0.5) is 53.0 Å². The fourth-order valence-electron chi connectivity index (χ4n) is 0.175. The maximum Gasteiger partial charge on any atom is 0.394 e. The first-order valence-electron chi connectivity index (χ1n) is 5.05. The molecule has 0 saturated carbocycles. The first kappa shape index (κ1) is 37.7. The van der Waals surface area contributed by atoms with Gasteiger partial charge in [0.15, 0.2) is 0 Å². The van der Waals surface area contributed by atoms with Crippen molar-refractivity contribution in [1.29, 1.82) is 0 Å². The van der Waals surface area contributed by atoms with Crippen LogP contribution in [0.25, 0.3) is 0 Å². The molecule has 0 bridgehead atoms. The minimum atomic E-state index is -4.73. The highest BCUT2D eigenvalue weighted by Crippen LogP contribution is 2.22. The van der Waals surface area contributed by atoms with E-state index in [1.165, 1.54) is 0 Å². The zero-order chi connectivity index (χ0) is 19.4. The summed E-state index contributed by atoms with van der Waals surface area (Å²) in [5, 5.41) is 0. The standard InChI is InChI=1S/C3H3F5.2C2H4F2.2C2H3F.FH/c4-2(5)1-3(6,7)8;2*1-2(3)4;2*1-2-3;/h2H,1H2;2*2H,1H3;2*2H,1H2;1H. The Kier molecular flexibility index (Phi) is 47.1. The van der Waals surface area contributed by atoms with Gasteiger partial charge in [0.2, 0.25) is 19.3 Å². The van der Waals surface area contributed by atoms with E-state index < -0.39 is 31.9 Å². The summed E-state index contributed by atoms with van der Waals surface area (Å²) < 4.78 is 116. The van der Waals surface area contributed by atoms with Crippen LogP contribution in [0.2, 0.25) is 0 Å². The second kappa shape index (κ2) is 28.8. The van der Waals surface area contributed by atoms with Crippen LogP contribution in [0.15, 0.2) is 25.8 Å². The van der Waals surface area contributed by atoms with Gasteiger partial charge < -0.3 is 0 Å². The van der Waals surface area contributed by atoms with Crippen LogP contribution in [0.5, 0.6) is 0 Å². The van der Waals surface area contributed by atoms with E-state index >= 15 is 0 Å². The summed E-state index contributed by atoms with van der Waals surface area (Å²) >= 11 is 0. The molecular weight excluding hydrogens is 360 g/mol. The van der Waals surface area contributed by atoms with Crippen LogP contribution in [-0.4, -0.2) is 25.5 Å².